The van der Waals surface area contributed by atoms with Gasteiger partial charge in [-0.25, -0.2) is 0 Å². The largest absolute Gasteiger partial charge is 0.366 e. The molecule has 6 nitrogen and oxygen atoms in total. The van der Waals surface area contributed by atoms with E-state index in [0.29, 0.717) is 25.0 Å². The van der Waals surface area contributed by atoms with Crippen molar-refractivity contribution in [3.8, 4) is 0 Å². The average Bonchev–Trinajstić information content (AvgIpc) is 2.93. The predicted molar refractivity (Wildman–Crippen MR) is 95.1 cm³/mol. The molecule has 6 heteroatoms. The molecule has 3 unspecified atom stereocenters. The van der Waals surface area contributed by atoms with Gasteiger partial charge in [-0.15, -0.1) is 0 Å². The summed E-state index contributed by atoms with van der Waals surface area (Å²) in [6.07, 6.45) is 0.0949. The van der Waals surface area contributed by atoms with Crippen molar-refractivity contribution in [2.24, 2.45) is 5.92 Å². The summed E-state index contributed by atoms with van der Waals surface area (Å²) in [6, 6.07) is 4.40. The van der Waals surface area contributed by atoms with Crippen LogP contribution in [0.4, 0.5) is 0 Å². The van der Waals surface area contributed by atoms with Gasteiger partial charge in [0.05, 0.1) is 12.6 Å². The van der Waals surface area contributed by atoms with Gasteiger partial charge in [0.2, 0.25) is 5.91 Å². The minimum atomic E-state index is -0.987. The fourth-order valence-electron chi connectivity index (χ4n) is 2.83. The molecule has 0 aliphatic carbocycles. The number of aryl methyl sites for hydroxylation is 2. The molecule has 0 aromatic heterocycles. The van der Waals surface area contributed by atoms with Crippen molar-refractivity contribution in [3.63, 3.8) is 0 Å². The molecule has 1 aliphatic rings. The second kappa shape index (κ2) is 8.45. The van der Waals surface area contributed by atoms with Crippen LogP contribution in [0.1, 0.15) is 48.2 Å². The minimum absolute atomic E-state index is 0.237. The molecular weight excluding hydrogens is 320 g/mol. The quantitative estimate of drug-likeness (QED) is 0.730. The maximum absolute atomic E-state index is 12.6. The van der Waals surface area contributed by atoms with E-state index in [1.807, 2.05) is 39.8 Å². The lowest BCUT2D eigenvalue weighted by Crippen LogP contribution is -2.51. The number of nitrogens with one attached hydrogen (secondary N) is 2. The van der Waals surface area contributed by atoms with Crippen molar-refractivity contribution >= 4 is 11.8 Å². The number of carbonyl (C=O) groups excluding carboxylic acids is 2. The molecular formula is C19H28N2O4. The van der Waals surface area contributed by atoms with Crippen LogP contribution in [0.3, 0.4) is 0 Å². The number of ether oxygens (including phenoxy) is 1. The van der Waals surface area contributed by atoms with Crippen LogP contribution in [0.5, 0.6) is 0 Å². The molecule has 0 radical (unpaired) electrons. The van der Waals surface area contributed by atoms with Gasteiger partial charge in [0, 0.05) is 5.56 Å². The number of aliphatic hydroxyl groups excluding tert-OH is 1. The molecule has 1 aromatic carbocycles. The first-order chi connectivity index (χ1) is 11.8. The second-order valence-corrected chi connectivity index (χ2v) is 7.12. The highest BCUT2D eigenvalue weighted by Gasteiger charge is 2.31. The number of hydrogen-bond donors (Lipinski definition) is 3. The maximum atomic E-state index is 12.6. The van der Waals surface area contributed by atoms with Gasteiger partial charge in [0.1, 0.15) is 6.04 Å². The third-order valence-corrected chi connectivity index (χ3v) is 4.49. The van der Waals surface area contributed by atoms with Crippen LogP contribution < -0.4 is 10.6 Å². The fraction of sp³-hybridized carbons (Fsp3) is 0.579. The Kier molecular flexibility index (Phi) is 6.56. The van der Waals surface area contributed by atoms with Gasteiger partial charge in [0.25, 0.3) is 5.91 Å². The summed E-state index contributed by atoms with van der Waals surface area (Å²) in [6.45, 7) is 8.34. The van der Waals surface area contributed by atoms with Gasteiger partial charge >= 0.3 is 0 Å². The van der Waals surface area contributed by atoms with Crippen LogP contribution >= 0.6 is 0 Å². The predicted octanol–water partition coefficient (Wildman–Crippen LogP) is 1.67. The molecule has 3 atom stereocenters. The zero-order chi connectivity index (χ0) is 18.6. The molecule has 1 heterocycles. The Balaban J connectivity index is 2.06. The molecule has 25 heavy (non-hydrogen) atoms. The fourth-order valence-corrected chi connectivity index (χ4v) is 2.83. The highest BCUT2D eigenvalue weighted by molar-refractivity contribution is 5.97. The highest BCUT2D eigenvalue weighted by Crippen LogP contribution is 2.14. The van der Waals surface area contributed by atoms with Crippen LogP contribution in [0.25, 0.3) is 0 Å². The Labute approximate surface area is 149 Å². The average molecular weight is 348 g/mol. The monoisotopic (exact) mass is 348 g/mol. The number of rotatable bonds is 6. The van der Waals surface area contributed by atoms with E-state index in [-0.39, 0.29) is 17.7 Å². The lowest BCUT2D eigenvalue weighted by atomic mass is 10.0. The van der Waals surface area contributed by atoms with E-state index in [1.54, 1.807) is 6.07 Å². The molecule has 1 saturated heterocycles. The van der Waals surface area contributed by atoms with E-state index < -0.39 is 18.4 Å². The molecule has 2 amide bonds. The molecule has 138 valence electrons. The summed E-state index contributed by atoms with van der Waals surface area (Å²) in [4.78, 5) is 25.1. The van der Waals surface area contributed by atoms with Gasteiger partial charge in [0.15, 0.2) is 6.29 Å². The first-order valence-electron chi connectivity index (χ1n) is 8.76. The molecule has 1 aliphatic heterocycles. The lowest BCUT2D eigenvalue weighted by molar-refractivity contribution is -0.127. The van der Waals surface area contributed by atoms with Crippen LogP contribution in [0.2, 0.25) is 0 Å². The molecule has 0 saturated carbocycles. The standard InChI is InChI=1S/C19H28N2O4/c1-11(2)9-16(18(23)20-15-7-8-25-19(15)24)21-17(22)14-6-5-12(3)13(4)10-14/h5-6,10-11,15-16,19,24H,7-9H2,1-4H3,(H,20,23)(H,21,22). The smallest absolute Gasteiger partial charge is 0.251 e. The van der Waals surface area contributed by atoms with Crippen molar-refractivity contribution in [2.75, 3.05) is 6.61 Å². The van der Waals surface area contributed by atoms with E-state index in [0.717, 1.165) is 11.1 Å². The van der Waals surface area contributed by atoms with Crippen molar-refractivity contribution in [2.45, 2.75) is 58.9 Å². The number of carbonyl (C=O) groups is 2. The van der Waals surface area contributed by atoms with E-state index in [1.165, 1.54) is 0 Å². The Morgan fingerprint density at radius 1 is 1.28 bits per heavy atom. The zero-order valence-corrected chi connectivity index (χ0v) is 15.3. The number of amides is 2. The van der Waals surface area contributed by atoms with E-state index in [2.05, 4.69) is 10.6 Å². The van der Waals surface area contributed by atoms with Crippen LogP contribution in [0.15, 0.2) is 18.2 Å². The Morgan fingerprint density at radius 3 is 2.56 bits per heavy atom. The summed E-state index contributed by atoms with van der Waals surface area (Å²) in [5, 5.41) is 15.3. The Bertz CT molecular complexity index is 630. The third-order valence-electron chi connectivity index (χ3n) is 4.49. The summed E-state index contributed by atoms with van der Waals surface area (Å²) >= 11 is 0. The van der Waals surface area contributed by atoms with Gasteiger partial charge in [-0.05, 0) is 55.9 Å². The summed E-state index contributed by atoms with van der Waals surface area (Å²) in [5.41, 5.74) is 2.68. The molecule has 1 aromatic rings. The Morgan fingerprint density at radius 2 is 2.00 bits per heavy atom. The molecule has 2 rings (SSSR count). The van der Waals surface area contributed by atoms with E-state index in [4.69, 9.17) is 4.74 Å². The second-order valence-electron chi connectivity index (χ2n) is 7.12. The van der Waals surface area contributed by atoms with Crippen LogP contribution in [-0.4, -0.2) is 41.9 Å². The maximum Gasteiger partial charge on any atom is 0.251 e. The SMILES string of the molecule is Cc1ccc(C(=O)NC(CC(C)C)C(=O)NC2CCOC2O)cc1C. The van der Waals surface area contributed by atoms with Gasteiger partial charge in [-0.1, -0.05) is 19.9 Å². The number of aliphatic hydroxyl groups is 1. The molecule has 0 spiro atoms. The summed E-state index contributed by atoms with van der Waals surface area (Å²) in [7, 11) is 0. The van der Waals surface area contributed by atoms with Gasteiger partial charge in [-0.3, -0.25) is 9.59 Å². The van der Waals surface area contributed by atoms with Gasteiger partial charge in [-0.2, -0.15) is 0 Å². The van der Waals surface area contributed by atoms with Gasteiger partial charge < -0.3 is 20.5 Å². The third kappa shape index (κ3) is 5.28. The van der Waals surface area contributed by atoms with Crippen molar-refractivity contribution < 1.29 is 19.4 Å². The van der Waals surface area contributed by atoms with Crippen molar-refractivity contribution in [3.05, 3.63) is 34.9 Å². The topological polar surface area (TPSA) is 87.7 Å². The van der Waals surface area contributed by atoms with Crippen molar-refractivity contribution in [1.82, 2.24) is 10.6 Å². The molecule has 0 bridgehead atoms. The summed E-state index contributed by atoms with van der Waals surface area (Å²) < 4.78 is 5.06. The van der Waals surface area contributed by atoms with Crippen LogP contribution in [0, 0.1) is 19.8 Å². The highest BCUT2D eigenvalue weighted by atomic mass is 16.6. The first kappa shape index (κ1) is 19.4. The number of benzene rings is 1. The lowest BCUT2D eigenvalue weighted by Gasteiger charge is -2.23. The zero-order valence-electron chi connectivity index (χ0n) is 15.3. The normalized spacial score (nSPS) is 21.2. The van der Waals surface area contributed by atoms with E-state index in [9.17, 15) is 14.7 Å². The first-order valence-corrected chi connectivity index (χ1v) is 8.76. The minimum Gasteiger partial charge on any atom is -0.366 e. The van der Waals surface area contributed by atoms with E-state index >= 15 is 0 Å². The molecule has 3 N–H and O–H groups in total. The Hall–Kier alpha value is -1.92. The van der Waals surface area contributed by atoms with Crippen molar-refractivity contribution in [1.29, 1.82) is 0 Å². The molecule has 1 fully saturated rings. The number of hydrogen-bond acceptors (Lipinski definition) is 4. The van der Waals surface area contributed by atoms with Crippen LogP contribution in [-0.2, 0) is 9.53 Å². The summed E-state index contributed by atoms with van der Waals surface area (Å²) in [5.74, 6) is -0.326.